The molecule has 0 spiro atoms. The minimum absolute atomic E-state index is 0.382. The number of carboxylic acids is 1. The lowest BCUT2D eigenvalue weighted by atomic mass is 10.1. The third kappa shape index (κ3) is 5.93. The van der Waals surface area contributed by atoms with Gasteiger partial charge in [0.25, 0.3) is 0 Å². The van der Waals surface area contributed by atoms with Crippen LogP contribution in [-0.4, -0.2) is 63.8 Å². The van der Waals surface area contributed by atoms with Gasteiger partial charge in [-0.15, -0.1) is 0 Å². The number of rotatable bonds is 9. The van der Waals surface area contributed by atoms with Gasteiger partial charge in [0.15, 0.2) is 0 Å². The zero-order valence-electron chi connectivity index (χ0n) is 14.4. The van der Waals surface area contributed by atoms with Crippen LogP contribution in [0.3, 0.4) is 0 Å². The van der Waals surface area contributed by atoms with Crippen molar-refractivity contribution in [3.63, 3.8) is 0 Å². The molecule has 0 aliphatic heterocycles. The lowest BCUT2D eigenvalue weighted by Crippen LogP contribution is -2.34. The summed E-state index contributed by atoms with van der Waals surface area (Å²) in [7, 11) is 8.12. The number of carbonyl (C=O) groups is 1. The number of hydrogen-bond donors (Lipinski definition) is 1. The summed E-state index contributed by atoms with van der Waals surface area (Å²) in [5.41, 5.74) is 2.22. The molecule has 1 atom stereocenters. The van der Waals surface area contributed by atoms with E-state index in [1.54, 1.807) is 6.92 Å². The van der Waals surface area contributed by atoms with Gasteiger partial charge < -0.3 is 19.8 Å². The van der Waals surface area contributed by atoms with E-state index in [4.69, 9.17) is 5.11 Å². The standard InChI is InChI=1S/C17H29N3O2/c1-14(17(21)22)13-20(12-6-11-18(2)3)16-9-7-15(8-10-16)19(4)5/h7-10,14H,6,11-13H2,1-5H3,(H,21,22). The highest BCUT2D eigenvalue weighted by atomic mass is 16.4. The maximum absolute atomic E-state index is 11.1. The van der Waals surface area contributed by atoms with Crippen LogP contribution in [0.2, 0.25) is 0 Å². The van der Waals surface area contributed by atoms with Gasteiger partial charge in [-0.05, 0) is 51.3 Å². The van der Waals surface area contributed by atoms with Gasteiger partial charge in [-0.3, -0.25) is 4.79 Å². The van der Waals surface area contributed by atoms with Gasteiger partial charge in [0.2, 0.25) is 0 Å². The molecular weight excluding hydrogens is 278 g/mol. The second kappa shape index (κ2) is 8.63. The summed E-state index contributed by atoms with van der Waals surface area (Å²) < 4.78 is 0. The number of carboxylic acid groups (broad SMARTS) is 1. The molecule has 0 radical (unpaired) electrons. The van der Waals surface area contributed by atoms with Crippen LogP contribution in [0.25, 0.3) is 0 Å². The Bertz CT molecular complexity index is 457. The summed E-state index contributed by atoms with van der Waals surface area (Å²) in [6.45, 7) is 4.14. The first-order valence-corrected chi connectivity index (χ1v) is 7.71. The van der Waals surface area contributed by atoms with Crippen molar-refractivity contribution in [2.75, 3.05) is 57.6 Å². The third-order valence-corrected chi connectivity index (χ3v) is 3.68. The van der Waals surface area contributed by atoms with E-state index in [-0.39, 0.29) is 5.92 Å². The molecule has 1 unspecified atom stereocenters. The molecular formula is C17H29N3O2. The van der Waals surface area contributed by atoms with Crippen LogP contribution < -0.4 is 9.80 Å². The van der Waals surface area contributed by atoms with Gasteiger partial charge in [0.05, 0.1) is 5.92 Å². The SMILES string of the molecule is CC(CN(CCCN(C)C)c1ccc(N(C)C)cc1)C(=O)O. The Balaban J connectivity index is 2.80. The largest absolute Gasteiger partial charge is 0.481 e. The Kier molecular flexibility index (Phi) is 7.18. The van der Waals surface area contributed by atoms with Crippen molar-refractivity contribution in [1.82, 2.24) is 4.90 Å². The lowest BCUT2D eigenvalue weighted by Gasteiger charge is -2.28. The Labute approximate surface area is 134 Å². The normalized spacial score (nSPS) is 12.3. The third-order valence-electron chi connectivity index (χ3n) is 3.68. The van der Waals surface area contributed by atoms with E-state index in [1.165, 1.54) is 0 Å². The molecule has 5 heteroatoms. The first-order valence-electron chi connectivity index (χ1n) is 7.71. The van der Waals surface area contributed by atoms with Crippen molar-refractivity contribution in [2.45, 2.75) is 13.3 Å². The van der Waals surface area contributed by atoms with Gasteiger partial charge >= 0.3 is 5.97 Å². The first-order chi connectivity index (χ1) is 10.3. The van der Waals surface area contributed by atoms with Crippen LogP contribution in [0.4, 0.5) is 11.4 Å². The molecule has 0 heterocycles. The fraction of sp³-hybridized carbons (Fsp3) is 0.588. The van der Waals surface area contributed by atoms with Gasteiger partial charge in [0, 0.05) is 38.6 Å². The fourth-order valence-electron chi connectivity index (χ4n) is 2.27. The summed E-state index contributed by atoms with van der Waals surface area (Å²) in [6.07, 6.45) is 1.01. The van der Waals surface area contributed by atoms with Crippen LogP contribution in [0.5, 0.6) is 0 Å². The van der Waals surface area contributed by atoms with Gasteiger partial charge in [-0.2, -0.15) is 0 Å². The van der Waals surface area contributed by atoms with Crippen molar-refractivity contribution >= 4 is 17.3 Å². The van der Waals surface area contributed by atoms with E-state index >= 15 is 0 Å². The van der Waals surface area contributed by atoms with Crippen LogP contribution in [0.15, 0.2) is 24.3 Å². The first kappa shape index (κ1) is 18.3. The molecule has 0 aliphatic carbocycles. The Hall–Kier alpha value is -1.75. The van der Waals surface area contributed by atoms with Gasteiger partial charge in [-0.25, -0.2) is 0 Å². The molecule has 0 bridgehead atoms. The van der Waals surface area contributed by atoms with Crippen LogP contribution in [-0.2, 0) is 4.79 Å². The topological polar surface area (TPSA) is 47.0 Å². The quantitative estimate of drug-likeness (QED) is 0.758. The van der Waals surface area contributed by atoms with Crippen molar-refractivity contribution in [2.24, 2.45) is 5.92 Å². The molecule has 1 rings (SSSR count). The summed E-state index contributed by atoms with van der Waals surface area (Å²) in [5, 5.41) is 9.17. The molecule has 0 saturated heterocycles. The van der Waals surface area contributed by atoms with Crippen LogP contribution in [0, 0.1) is 5.92 Å². The van der Waals surface area contributed by atoms with E-state index in [1.807, 2.05) is 14.1 Å². The summed E-state index contributed by atoms with van der Waals surface area (Å²) in [6, 6.07) is 8.28. The van der Waals surface area contributed by atoms with Crippen molar-refractivity contribution < 1.29 is 9.90 Å². The molecule has 22 heavy (non-hydrogen) atoms. The molecule has 0 aromatic heterocycles. The van der Waals surface area contributed by atoms with Gasteiger partial charge in [0.1, 0.15) is 0 Å². The average Bonchev–Trinajstić information content (AvgIpc) is 2.45. The molecule has 0 fully saturated rings. The van der Waals surface area contributed by atoms with E-state index in [2.05, 4.69) is 53.1 Å². The minimum Gasteiger partial charge on any atom is -0.481 e. The Morgan fingerprint density at radius 1 is 1.05 bits per heavy atom. The Morgan fingerprint density at radius 3 is 2.05 bits per heavy atom. The molecule has 124 valence electrons. The van der Waals surface area contributed by atoms with Crippen molar-refractivity contribution in [1.29, 1.82) is 0 Å². The minimum atomic E-state index is -0.748. The predicted octanol–water partition coefficient (Wildman–Crippen LogP) is 2.23. The highest BCUT2D eigenvalue weighted by Crippen LogP contribution is 2.21. The maximum Gasteiger partial charge on any atom is 0.308 e. The second-order valence-electron chi connectivity index (χ2n) is 6.25. The van der Waals surface area contributed by atoms with E-state index in [9.17, 15) is 4.79 Å². The number of benzene rings is 1. The Morgan fingerprint density at radius 2 is 1.59 bits per heavy atom. The molecule has 1 N–H and O–H groups in total. The zero-order valence-corrected chi connectivity index (χ0v) is 14.4. The summed E-state index contributed by atoms with van der Waals surface area (Å²) in [5.74, 6) is -1.13. The van der Waals surface area contributed by atoms with Crippen LogP contribution in [0.1, 0.15) is 13.3 Å². The molecule has 0 amide bonds. The summed E-state index contributed by atoms with van der Waals surface area (Å²) in [4.78, 5) is 17.5. The van der Waals surface area contributed by atoms with Gasteiger partial charge in [-0.1, -0.05) is 6.92 Å². The molecule has 1 aromatic carbocycles. The number of hydrogen-bond acceptors (Lipinski definition) is 4. The van der Waals surface area contributed by atoms with Crippen molar-refractivity contribution in [3.8, 4) is 0 Å². The monoisotopic (exact) mass is 307 g/mol. The average molecular weight is 307 g/mol. The smallest absolute Gasteiger partial charge is 0.308 e. The van der Waals surface area contributed by atoms with E-state index in [0.29, 0.717) is 6.54 Å². The van der Waals surface area contributed by atoms with E-state index < -0.39 is 5.97 Å². The number of nitrogens with zero attached hydrogens (tertiary/aromatic N) is 3. The number of aliphatic carboxylic acids is 1. The fourth-order valence-corrected chi connectivity index (χ4v) is 2.27. The van der Waals surface area contributed by atoms with Crippen LogP contribution >= 0.6 is 0 Å². The zero-order chi connectivity index (χ0) is 16.7. The highest BCUT2D eigenvalue weighted by molar-refractivity contribution is 5.70. The van der Waals surface area contributed by atoms with E-state index in [0.717, 1.165) is 30.9 Å². The molecule has 1 aromatic rings. The molecule has 0 aliphatic rings. The highest BCUT2D eigenvalue weighted by Gasteiger charge is 2.16. The predicted molar refractivity (Wildman–Crippen MR) is 93.0 cm³/mol. The number of anilines is 2. The molecule has 5 nitrogen and oxygen atoms in total. The maximum atomic E-state index is 11.1. The lowest BCUT2D eigenvalue weighted by molar-refractivity contribution is -0.140. The van der Waals surface area contributed by atoms with Crippen molar-refractivity contribution in [3.05, 3.63) is 24.3 Å². The molecule has 0 saturated carbocycles. The summed E-state index contributed by atoms with van der Waals surface area (Å²) >= 11 is 0. The second-order valence-corrected chi connectivity index (χ2v) is 6.25.